The molecule has 4 fully saturated rings. The van der Waals surface area contributed by atoms with Crippen molar-refractivity contribution >= 4 is 31.5 Å². The highest BCUT2D eigenvalue weighted by atomic mass is 32.1. The largest absolute Gasteiger partial charge is 0.208 e. The van der Waals surface area contributed by atoms with Gasteiger partial charge in [0, 0.05) is 42.3 Å². The summed E-state index contributed by atoms with van der Waals surface area (Å²) in [6.07, 6.45) is 8.53. The molecule has 3 nitrogen and oxygen atoms in total. The van der Waals surface area contributed by atoms with Gasteiger partial charge in [0.15, 0.2) is 17.5 Å². The Labute approximate surface area is 367 Å². The van der Waals surface area contributed by atoms with Gasteiger partial charge in [0.05, 0.1) is 0 Å². The number of benzene rings is 7. The van der Waals surface area contributed by atoms with E-state index in [0.29, 0.717) is 22.9 Å². The van der Waals surface area contributed by atoms with Crippen LogP contribution in [0.2, 0.25) is 0 Å². The molecule has 9 aromatic rings. The summed E-state index contributed by atoms with van der Waals surface area (Å²) in [7, 11) is 0. The highest BCUT2D eigenvalue weighted by Gasteiger charge is 2.51. The van der Waals surface area contributed by atoms with Gasteiger partial charge >= 0.3 is 0 Å². The van der Waals surface area contributed by atoms with Crippen LogP contribution in [0.15, 0.2) is 158 Å². The summed E-state index contributed by atoms with van der Waals surface area (Å²) in [6, 6.07) is 58.2. The second-order valence-electron chi connectivity index (χ2n) is 19.5. The zero-order valence-corrected chi connectivity index (χ0v) is 36.1. The Kier molecular flexibility index (Phi) is 8.01. The van der Waals surface area contributed by atoms with E-state index in [1.165, 1.54) is 103 Å². The molecular formula is C58H47N3S. The van der Waals surface area contributed by atoms with Crippen molar-refractivity contribution in [1.29, 1.82) is 0 Å². The van der Waals surface area contributed by atoms with Crippen LogP contribution in [0.3, 0.4) is 0 Å². The van der Waals surface area contributed by atoms with Crippen LogP contribution in [0.4, 0.5) is 0 Å². The number of thiophene rings is 1. The van der Waals surface area contributed by atoms with E-state index in [9.17, 15) is 0 Å². The van der Waals surface area contributed by atoms with E-state index >= 15 is 0 Å². The number of aromatic nitrogens is 3. The van der Waals surface area contributed by atoms with E-state index in [4.69, 9.17) is 15.0 Å². The van der Waals surface area contributed by atoms with Crippen molar-refractivity contribution in [2.24, 2.45) is 17.8 Å². The zero-order valence-electron chi connectivity index (χ0n) is 35.2. The quantitative estimate of drug-likeness (QED) is 0.168. The molecule has 4 heteroatoms. The van der Waals surface area contributed by atoms with Gasteiger partial charge in [-0.15, -0.1) is 11.3 Å². The monoisotopic (exact) mass is 817 g/mol. The molecule has 0 unspecified atom stereocenters. The molecule has 0 aliphatic heterocycles. The van der Waals surface area contributed by atoms with Gasteiger partial charge in [0.2, 0.25) is 0 Å². The molecule has 14 rings (SSSR count). The van der Waals surface area contributed by atoms with Crippen molar-refractivity contribution in [3.8, 4) is 67.5 Å². The summed E-state index contributed by atoms with van der Waals surface area (Å²) in [6.45, 7) is 4.71. The molecule has 4 saturated carbocycles. The molecule has 2 aromatic heterocycles. The number of hydrogen-bond acceptors (Lipinski definition) is 4. The van der Waals surface area contributed by atoms with Crippen LogP contribution in [0.5, 0.6) is 0 Å². The third-order valence-electron chi connectivity index (χ3n) is 15.3. The van der Waals surface area contributed by atoms with Crippen LogP contribution in [0.1, 0.15) is 69.1 Å². The lowest BCUT2D eigenvalue weighted by atomic mass is 9.48. The molecule has 0 radical (unpaired) electrons. The summed E-state index contributed by atoms with van der Waals surface area (Å²) < 4.78 is 2.64. The Hall–Kier alpha value is -6.23. The predicted octanol–water partition coefficient (Wildman–Crippen LogP) is 15.3. The lowest BCUT2D eigenvalue weighted by Crippen LogP contribution is -2.48. The Balaban J connectivity index is 0.942. The summed E-state index contributed by atoms with van der Waals surface area (Å²) in [4.78, 5) is 15.9. The lowest BCUT2D eigenvalue weighted by molar-refractivity contribution is -0.00518. The Morgan fingerprint density at radius 1 is 0.435 bits per heavy atom. The highest BCUT2D eigenvalue weighted by Crippen LogP contribution is 2.61. The van der Waals surface area contributed by atoms with Crippen molar-refractivity contribution in [3.05, 3.63) is 174 Å². The van der Waals surface area contributed by atoms with Crippen molar-refractivity contribution in [2.75, 3.05) is 0 Å². The fourth-order valence-electron chi connectivity index (χ4n) is 12.8. The zero-order chi connectivity index (χ0) is 41.2. The summed E-state index contributed by atoms with van der Waals surface area (Å²) in [5.74, 6) is 4.83. The highest BCUT2D eigenvalue weighted by molar-refractivity contribution is 7.25. The molecule has 5 aliphatic rings. The first kappa shape index (κ1) is 36.4. The number of hydrogen-bond donors (Lipinski definition) is 0. The molecule has 62 heavy (non-hydrogen) atoms. The standard InChI is InChI=1S/C58H47N3S/c1-57(2)50-14-8-6-12-45(50)48-30-43(39-20-23-44(24-21-39)58-32-35-26-36(33-58)28-37(27-35)34-58)31-49(53(48)57)56-60-54(40-10-4-3-5-11-40)59-55(61-56)41-18-16-38(17-19-41)42-22-25-52-47(29-42)46-13-7-9-15-51(46)62-52/h3-25,29-31,35-37H,26-28,32-34H2,1-2H3. The Bertz CT molecular complexity index is 3200. The third kappa shape index (κ3) is 5.72. The van der Waals surface area contributed by atoms with Crippen LogP contribution in [0.25, 0.3) is 87.7 Å². The minimum absolute atomic E-state index is 0.252. The first-order chi connectivity index (χ1) is 30.3. The van der Waals surface area contributed by atoms with Gasteiger partial charge in [-0.1, -0.05) is 141 Å². The normalized spacial score (nSPS) is 21.7. The summed E-state index contributed by atoms with van der Waals surface area (Å²) >= 11 is 1.85. The van der Waals surface area contributed by atoms with Crippen molar-refractivity contribution in [1.82, 2.24) is 15.0 Å². The van der Waals surface area contributed by atoms with Gasteiger partial charge in [-0.2, -0.15) is 0 Å². The average molecular weight is 818 g/mol. The van der Waals surface area contributed by atoms with Crippen molar-refractivity contribution < 1.29 is 0 Å². The maximum Gasteiger partial charge on any atom is 0.164 e. The maximum atomic E-state index is 5.41. The van der Waals surface area contributed by atoms with Gasteiger partial charge in [0.25, 0.3) is 0 Å². The lowest BCUT2D eigenvalue weighted by Gasteiger charge is -2.57. The fourth-order valence-corrected chi connectivity index (χ4v) is 13.9. The molecule has 300 valence electrons. The van der Waals surface area contributed by atoms with Crippen LogP contribution in [-0.2, 0) is 10.8 Å². The van der Waals surface area contributed by atoms with Crippen molar-refractivity contribution in [3.63, 3.8) is 0 Å². The van der Waals surface area contributed by atoms with Gasteiger partial charge in [-0.25, -0.2) is 15.0 Å². The fraction of sp³-hybridized carbons (Fsp3) is 0.224. The molecule has 4 bridgehead atoms. The molecule has 0 atom stereocenters. The second kappa shape index (κ2) is 13.6. The third-order valence-corrected chi connectivity index (χ3v) is 16.4. The molecular weight excluding hydrogens is 771 g/mol. The molecule has 5 aliphatic carbocycles. The van der Waals surface area contributed by atoms with Crippen LogP contribution in [0, 0.1) is 17.8 Å². The van der Waals surface area contributed by atoms with E-state index in [1.807, 2.05) is 17.4 Å². The topological polar surface area (TPSA) is 38.7 Å². The van der Waals surface area contributed by atoms with Crippen LogP contribution < -0.4 is 0 Å². The number of rotatable bonds is 6. The molecule has 0 spiro atoms. The maximum absolute atomic E-state index is 5.41. The SMILES string of the molecule is CC1(C)c2ccccc2-c2cc(-c3ccc(C45CC6CC(CC(C6)C4)C5)cc3)cc(-c3nc(-c4ccccc4)nc(-c4ccc(-c5ccc6sc7ccccc7c6c5)cc4)n3)c21. The minimum atomic E-state index is -0.252. The van der Waals surface area contributed by atoms with E-state index < -0.39 is 0 Å². The van der Waals surface area contributed by atoms with Crippen LogP contribution in [-0.4, -0.2) is 15.0 Å². The van der Waals surface area contributed by atoms with E-state index in [1.54, 1.807) is 5.56 Å². The van der Waals surface area contributed by atoms with Crippen LogP contribution >= 0.6 is 11.3 Å². The molecule has 0 N–H and O–H groups in total. The van der Waals surface area contributed by atoms with E-state index in [2.05, 4.69) is 166 Å². The second-order valence-corrected chi connectivity index (χ2v) is 20.5. The molecule has 2 heterocycles. The molecule has 0 saturated heterocycles. The first-order valence-corrected chi connectivity index (χ1v) is 23.4. The van der Waals surface area contributed by atoms with E-state index in [0.717, 1.165) is 34.4 Å². The van der Waals surface area contributed by atoms with Crippen molar-refractivity contribution in [2.45, 2.75) is 63.2 Å². The molecule has 7 aromatic carbocycles. The summed E-state index contributed by atoms with van der Waals surface area (Å²) in [5.41, 5.74) is 14.7. The minimum Gasteiger partial charge on any atom is -0.208 e. The number of fused-ring (bicyclic) bond motifs is 6. The summed E-state index contributed by atoms with van der Waals surface area (Å²) in [5, 5.41) is 2.62. The van der Waals surface area contributed by atoms with E-state index in [-0.39, 0.29) is 5.41 Å². The van der Waals surface area contributed by atoms with Gasteiger partial charge < -0.3 is 0 Å². The van der Waals surface area contributed by atoms with Gasteiger partial charge in [0.1, 0.15) is 0 Å². The average Bonchev–Trinajstić information content (AvgIpc) is 3.80. The molecule has 0 amide bonds. The smallest absolute Gasteiger partial charge is 0.164 e. The van der Waals surface area contributed by atoms with Gasteiger partial charge in [-0.3, -0.25) is 0 Å². The Morgan fingerprint density at radius 2 is 0.984 bits per heavy atom. The van der Waals surface area contributed by atoms with Gasteiger partial charge in [-0.05, 0) is 142 Å². The first-order valence-electron chi connectivity index (χ1n) is 22.6. The Morgan fingerprint density at radius 3 is 1.73 bits per heavy atom. The number of nitrogens with zero attached hydrogens (tertiary/aromatic N) is 3. The predicted molar refractivity (Wildman–Crippen MR) is 257 cm³/mol.